The van der Waals surface area contributed by atoms with Gasteiger partial charge < -0.3 is 9.64 Å². The van der Waals surface area contributed by atoms with Gasteiger partial charge in [0.1, 0.15) is 5.78 Å². The number of hydrogen-bond acceptors (Lipinski definition) is 4. The fourth-order valence-corrected chi connectivity index (χ4v) is 2.36. The van der Waals surface area contributed by atoms with E-state index in [9.17, 15) is 9.59 Å². The summed E-state index contributed by atoms with van der Waals surface area (Å²) in [6.07, 6.45) is 1.21. The van der Waals surface area contributed by atoms with E-state index in [1.807, 2.05) is 6.92 Å². The zero-order valence-electron chi connectivity index (χ0n) is 11.5. The number of ketones is 1. The summed E-state index contributed by atoms with van der Waals surface area (Å²) < 4.78 is 6.63. The summed E-state index contributed by atoms with van der Waals surface area (Å²) in [5, 5.41) is 4.14. The van der Waals surface area contributed by atoms with E-state index < -0.39 is 0 Å². The molecule has 1 aromatic rings. The third kappa shape index (κ3) is 2.62. The lowest BCUT2D eigenvalue weighted by atomic mass is 9.94. The maximum atomic E-state index is 12.3. The average Bonchev–Trinajstić information content (AvgIpc) is 2.79. The number of rotatable bonds is 3. The minimum atomic E-state index is -0.134. The van der Waals surface area contributed by atoms with Crippen LogP contribution < -0.4 is 4.74 Å². The Balaban J connectivity index is 2.13. The molecule has 1 aliphatic rings. The third-order valence-electron chi connectivity index (χ3n) is 3.57. The highest BCUT2D eigenvalue weighted by Crippen LogP contribution is 2.19. The predicted octanol–water partition coefficient (Wildman–Crippen LogP) is 0.870. The second kappa shape index (κ2) is 5.42. The molecular weight excluding hydrogens is 246 g/mol. The summed E-state index contributed by atoms with van der Waals surface area (Å²) in [5.74, 6) is 0.627. The number of aryl methyl sites for hydroxylation is 1. The lowest BCUT2D eigenvalue weighted by molar-refractivity contribution is -0.125. The summed E-state index contributed by atoms with van der Waals surface area (Å²) in [6, 6.07) is 1.62. The van der Waals surface area contributed by atoms with Crippen LogP contribution in [0.15, 0.2) is 6.07 Å². The second-order valence-electron chi connectivity index (χ2n) is 4.77. The molecule has 6 nitrogen and oxygen atoms in total. The van der Waals surface area contributed by atoms with Gasteiger partial charge in [0.05, 0.1) is 7.11 Å². The first kappa shape index (κ1) is 13.6. The fraction of sp³-hybridized carbons (Fsp3) is 0.615. The molecular formula is C13H19N3O3. The normalized spacial score (nSPS) is 19.6. The van der Waals surface area contributed by atoms with Gasteiger partial charge in [-0.15, -0.1) is 0 Å². The van der Waals surface area contributed by atoms with Crippen LogP contribution in [0.5, 0.6) is 5.88 Å². The molecule has 0 spiro atoms. The maximum absolute atomic E-state index is 12.3. The number of hydrogen-bond donors (Lipinski definition) is 0. The van der Waals surface area contributed by atoms with Gasteiger partial charge >= 0.3 is 0 Å². The SMILES string of the molecule is CCC1CN(C(=O)c2cc(OC)n(C)n2)CCC1=O. The Morgan fingerprint density at radius 2 is 2.32 bits per heavy atom. The molecule has 1 unspecified atom stereocenters. The van der Waals surface area contributed by atoms with E-state index in [4.69, 9.17) is 4.74 Å². The lowest BCUT2D eigenvalue weighted by Gasteiger charge is -2.30. The van der Waals surface area contributed by atoms with Gasteiger partial charge in [-0.3, -0.25) is 9.59 Å². The molecule has 1 atom stereocenters. The van der Waals surface area contributed by atoms with E-state index >= 15 is 0 Å². The zero-order chi connectivity index (χ0) is 14.0. The van der Waals surface area contributed by atoms with Crippen molar-refractivity contribution >= 4 is 11.7 Å². The monoisotopic (exact) mass is 265 g/mol. The molecule has 1 amide bonds. The van der Waals surface area contributed by atoms with Gasteiger partial charge in [0.15, 0.2) is 5.69 Å². The molecule has 0 saturated carbocycles. The standard InChI is InChI=1S/C13H19N3O3/c1-4-9-8-16(6-5-11(9)17)13(18)10-7-12(19-3)15(2)14-10/h7,9H,4-6,8H2,1-3H3. The first-order valence-electron chi connectivity index (χ1n) is 6.46. The van der Waals surface area contributed by atoms with Gasteiger partial charge in [-0.1, -0.05) is 6.92 Å². The van der Waals surface area contributed by atoms with Crippen molar-refractivity contribution in [2.45, 2.75) is 19.8 Å². The van der Waals surface area contributed by atoms with Crippen molar-refractivity contribution in [3.05, 3.63) is 11.8 Å². The van der Waals surface area contributed by atoms with Crippen molar-refractivity contribution in [3.63, 3.8) is 0 Å². The van der Waals surface area contributed by atoms with Crippen molar-refractivity contribution in [3.8, 4) is 5.88 Å². The highest BCUT2D eigenvalue weighted by atomic mass is 16.5. The van der Waals surface area contributed by atoms with Gasteiger partial charge in [-0.05, 0) is 6.42 Å². The number of carbonyl (C=O) groups excluding carboxylic acids is 2. The summed E-state index contributed by atoms with van der Waals surface area (Å²) in [4.78, 5) is 25.7. The van der Waals surface area contributed by atoms with E-state index in [2.05, 4.69) is 5.10 Å². The molecule has 1 aromatic heterocycles. The molecule has 2 rings (SSSR count). The summed E-state index contributed by atoms with van der Waals surface area (Å²) in [5.41, 5.74) is 0.364. The van der Waals surface area contributed by atoms with Gasteiger partial charge in [-0.25, -0.2) is 4.68 Å². The van der Waals surface area contributed by atoms with Crippen LogP contribution in [0.3, 0.4) is 0 Å². The Labute approximate surface area is 112 Å². The van der Waals surface area contributed by atoms with Gasteiger partial charge in [0.25, 0.3) is 5.91 Å². The largest absolute Gasteiger partial charge is 0.481 e. The maximum Gasteiger partial charge on any atom is 0.274 e. The molecule has 0 bridgehead atoms. The Morgan fingerprint density at radius 3 is 2.89 bits per heavy atom. The van der Waals surface area contributed by atoms with Crippen molar-refractivity contribution < 1.29 is 14.3 Å². The molecule has 1 saturated heterocycles. The molecule has 2 heterocycles. The van der Waals surface area contributed by atoms with E-state index in [0.29, 0.717) is 31.1 Å². The minimum absolute atomic E-state index is 0.0386. The number of Topliss-reactive ketones (excluding diaryl/α,β-unsaturated/α-hetero) is 1. The number of amides is 1. The molecule has 0 aliphatic carbocycles. The van der Waals surface area contributed by atoms with Crippen molar-refractivity contribution in [2.75, 3.05) is 20.2 Å². The van der Waals surface area contributed by atoms with Crippen LogP contribution in [0.25, 0.3) is 0 Å². The molecule has 6 heteroatoms. The molecule has 0 N–H and O–H groups in total. The molecule has 104 valence electrons. The van der Waals surface area contributed by atoms with Gasteiger partial charge in [-0.2, -0.15) is 5.10 Å². The predicted molar refractivity (Wildman–Crippen MR) is 69.1 cm³/mol. The topological polar surface area (TPSA) is 64.4 Å². The number of carbonyl (C=O) groups is 2. The number of ether oxygens (including phenoxy) is 1. The quantitative estimate of drug-likeness (QED) is 0.813. The fourth-order valence-electron chi connectivity index (χ4n) is 2.36. The van der Waals surface area contributed by atoms with Gasteiger partial charge in [0.2, 0.25) is 5.88 Å². The molecule has 0 radical (unpaired) electrons. The molecule has 1 aliphatic heterocycles. The van der Waals surface area contributed by atoms with Crippen molar-refractivity contribution in [2.24, 2.45) is 13.0 Å². The van der Waals surface area contributed by atoms with Crippen LogP contribution in [0.4, 0.5) is 0 Å². The Morgan fingerprint density at radius 1 is 1.58 bits per heavy atom. The first-order valence-corrected chi connectivity index (χ1v) is 6.46. The Kier molecular flexibility index (Phi) is 3.87. The van der Waals surface area contributed by atoms with E-state index in [0.717, 1.165) is 6.42 Å². The lowest BCUT2D eigenvalue weighted by Crippen LogP contribution is -2.44. The van der Waals surface area contributed by atoms with E-state index in [1.165, 1.54) is 11.8 Å². The Hall–Kier alpha value is -1.85. The summed E-state index contributed by atoms with van der Waals surface area (Å²) in [6.45, 7) is 2.94. The van der Waals surface area contributed by atoms with Crippen molar-refractivity contribution in [1.29, 1.82) is 0 Å². The number of nitrogens with zero attached hydrogens (tertiary/aromatic N) is 3. The van der Waals surface area contributed by atoms with Crippen LogP contribution in [0, 0.1) is 5.92 Å². The number of methoxy groups -OCH3 is 1. The zero-order valence-corrected chi connectivity index (χ0v) is 11.5. The third-order valence-corrected chi connectivity index (χ3v) is 3.57. The Bertz CT molecular complexity index is 495. The average molecular weight is 265 g/mol. The number of likely N-dealkylation sites (tertiary alicyclic amines) is 1. The molecule has 19 heavy (non-hydrogen) atoms. The minimum Gasteiger partial charge on any atom is -0.481 e. The summed E-state index contributed by atoms with van der Waals surface area (Å²) in [7, 11) is 3.27. The van der Waals surface area contributed by atoms with Crippen LogP contribution in [-0.4, -0.2) is 46.6 Å². The van der Waals surface area contributed by atoms with Crippen LogP contribution in [-0.2, 0) is 11.8 Å². The van der Waals surface area contributed by atoms with E-state index in [1.54, 1.807) is 18.0 Å². The number of piperidine rings is 1. The first-order chi connectivity index (χ1) is 9.06. The van der Waals surface area contributed by atoms with Crippen LogP contribution in [0.1, 0.15) is 30.3 Å². The van der Waals surface area contributed by atoms with Crippen LogP contribution >= 0.6 is 0 Å². The van der Waals surface area contributed by atoms with Gasteiger partial charge in [0, 0.05) is 38.5 Å². The number of aromatic nitrogens is 2. The van der Waals surface area contributed by atoms with Crippen molar-refractivity contribution in [1.82, 2.24) is 14.7 Å². The highest BCUT2D eigenvalue weighted by molar-refractivity contribution is 5.94. The highest BCUT2D eigenvalue weighted by Gasteiger charge is 2.30. The molecule has 1 fully saturated rings. The second-order valence-corrected chi connectivity index (χ2v) is 4.77. The smallest absolute Gasteiger partial charge is 0.274 e. The van der Waals surface area contributed by atoms with E-state index in [-0.39, 0.29) is 17.6 Å². The molecule has 0 aromatic carbocycles. The van der Waals surface area contributed by atoms with Crippen LogP contribution in [0.2, 0.25) is 0 Å². The summed E-state index contributed by atoms with van der Waals surface area (Å²) >= 11 is 0.